The quantitative estimate of drug-likeness (QED) is 0.720. The second kappa shape index (κ2) is 6.55. The van der Waals surface area contributed by atoms with E-state index >= 15 is 0 Å². The highest BCUT2D eigenvalue weighted by molar-refractivity contribution is 6.10. The molecule has 0 radical (unpaired) electrons. The summed E-state index contributed by atoms with van der Waals surface area (Å²) < 4.78 is 0. The van der Waals surface area contributed by atoms with E-state index in [1.165, 1.54) is 23.3 Å². The Morgan fingerprint density at radius 1 is 1.00 bits per heavy atom. The summed E-state index contributed by atoms with van der Waals surface area (Å²) >= 11 is 0. The van der Waals surface area contributed by atoms with Gasteiger partial charge in [0.15, 0.2) is 11.5 Å². The average molecular weight is 382 g/mol. The largest absolute Gasteiger partial charge is 0.334 e. The molecule has 1 aliphatic heterocycles. The van der Waals surface area contributed by atoms with Gasteiger partial charge >= 0.3 is 0 Å². The second-order valence-electron chi connectivity index (χ2n) is 7.82. The molecule has 2 heterocycles. The number of guanidine groups is 1. The zero-order valence-corrected chi connectivity index (χ0v) is 16.2. The van der Waals surface area contributed by atoms with Crippen LogP contribution in [0.2, 0.25) is 0 Å². The number of carbonyl (C=O) groups excluding carboxylic acids is 1. The SMILES string of the molecule is CN1C(=N)NC(c2ccccc2)(c2cccc(-c3cncc(C4CC4)c3)c2)C1=O. The molecule has 2 aliphatic rings. The van der Waals surface area contributed by atoms with Crippen LogP contribution in [0.5, 0.6) is 0 Å². The monoisotopic (exact) mass is 382 g/mol. The lowest BCUT2D eigenvalue weighted by Crippen LogP contribution is -2.45. The molecule has 1 atom stereocenters. The minimum atomic E-state index is -1.11. The molecule has 1 saturated carbocycles. The van der Waals surface area contributed by atoms with Crippen molar-refractivity contribution in [3.05, 3.63) is 89.7 Å². The third-order valence-electron chi connectivity index (χ3n) is 5.91. The van der Waals surface area contributed by atoms with Crippen LogP contribution in [0.25, 0.3) is 11.1 Å². The Hall–Kier alpha value is -3.47. The van der Waals surface area contributed by atoms with Gasteiger partial charge in [0.1, 0.15) is 0 Å². The van der Waals surface area contributed by atoms with E-state index in [1.807, 2.05) is 67.0 Å². The summed E-state index contributed by atoms with van der Waals surface area (Å²) in [6.45, 7) is 0. The highest BCUT2D eigenvalue weighted by atomic mass is 16.2. The van der Waals surface area contributed by atoms with Gasteiger partial charge in [-0.1, -0.05) is 48.5 Å². The molecule has 5 nitrogen and oxygen atoms in total. The third-order valence-corrected chi connectivity index (χ3v) is 5.91. The number of rotatable bonds is 4. The topological polar surface area (TPSA) is 69.1 Å². The van der Waals surface area contributed by atoms with Gasteiger partial charge in [-0.25, -0.2) is 0 Å². The van der Waals surface area contributed by atoms with Crippen molar-refractivity contribution in [1.29, 1.82) is 5.41 Å². The Bertz CT molecular complexity index is 1110. The lowest BCUT2D eigenvalue weighted by molar-refractivity contribution is -0.129. The number of benzene rings is 2. The normalized spacial score (nSPS) is 21.3. The Morgan fingerprint density at radius 3 is 2.45 bits per heavy atom. The number of amides is 1. The van der Waals surface area contributed by atoms with Crippen molar-refractivity contribution >= 4 is 11.9 Å². The van der Waals surface area contributed by atoms with Crippen LogP contribution in [-0.4, -0.2) is 28.8 Å². The smallest absolute Gasteiger partial charge is 0.264 e. The standard InChI is InChI=1S/C24H22N4O/c1-28-22(29)24(27-23(28)25,20-7-3-2-4-8-20)21-9-5-6-17(13-21)19-12-18(14-26-15-19)16-10-11-16/h2-9,12-16H,10-11H2,1H3,(H2,25,27). The molecule has 1 unspecified atom stereocenters. The van der Waals surface area contributed by atoms with Crippen LogP contribution in [0.4, 0.5) is 0 Å². The molecule has 0 bridgehead atoms. The third kappa shape index (κ3) is 2.81. The fourth-order valence-electron chi connectivity index (χ4n) is 4.10. The Labute approximate surface area is 169 Å². The zero-order chi connectivity index (χ0) is 20.0. The van der Waals surface area contributed by atoms with Gasteiger partial charge in [0.25, 0.3) is 5.91 Å². The lowest BCUT2D eigenvalue weighted by Gasteiger charge is -2.28. The summed E-state index contributed by atoms with van der Waals surface area (Å²) in [6.07, 6.45) is 6.29. The van der Waals surface area contributed by atoms with Crippen LogP contribution >= 0.6 is 0 Å². The van der Waals surface area contributed by atoms with Gasteiger partial charge in [0, 0.05) is 25.0 Å². The van der Waals surface area contributed by atoms with E-state index in [-0.39, 0.29) is 11.9 Å². The predicted octanol–water partition coefficient (Wildman–Crippen LogP) is 3.87. The average Bonchev–Trinajstić information content (AvgIpc) is 3.59. The number of pyridine rings is 1. The molecule has 1 amide bonds. The molecule has 2 N–H and O–H groups in total. The molecule has 2 fully saturated rings. The molecule has 1 saturated heterocycles. The van der Waals surface area contributed by atoms with Crippen LogP contribution in [-0.2, 0) is 10.3 Å². The molecular formula is C24H22N4O. The highest BCUT2D eigenvalue weighted by Crippen LogP contribution is 2.41. The van der Waals surface area contributed by atoms with Gasteiger partial charge in [-0.3, -0.25) is 20.1 Å². The van der Waals surface area contributed by atoms with Crippen LogP contribution in [0.1, 0.15) is 35.4 Å². The van der Waals surface area contributed by atoms with Gasteiger partial charge in [-0.15, -0.1) is 0 Å². The predicted molar refractivity (Wildman–Crippen MR) is 113 cm³/mol. The van der Waals surface area contributed by atoms with E-state index in [9.17, 15) is 4.79 Å². The van der Waals surface area contributed by atoms with Gasteiger partial charge in [0.05, 0.1) is 0 Å². The summed E-state index contributed by atoms with van der Waals surface area (Å²) in [5.74, 6) is 0.575. The lowest BCUT2D eigenvalue weighted by atomic mass is 9.81. The van der Waals surface area contributed by atoms with Crippen molar-refractivity contribution < 1.29 is 4.79 Å². The summed E-state index contributed by atoms with van der Waals surface area (Å²) in [7, 11) is 1.63. The molecule has 0 spiro atoms. The zero-order valence-electron chi connectivity index (χ0n) is 16.2. The molecular weight excluding hydrogens is 360 g/mol. The second-order valence-corrected chi connectivity index (χ2v) is 7.82. The fourth-order valence-corrected chi connectivity index (χ4v) is 4.10. The number of aromatic nitrogens is 1. The van der Waals surface area contributed by atoms with Crippen LogP contribution in [0, 0.1) is 5.41 Å². The minimum absolute atomic E-state index is 0.0988. The van der Waals surface area contributed by atoms with E-state index in [0.717, 1.165) is 22.3 Å². The van der Waals surface area contributed by atoms with Crippen molar-refractivity contribution in [2.24, 2.45) is 0 Å². The van der Waals surface area contributed by atoms with Crippen molar-refractivity contribution in [3.8, 4) is 11.1 Å². The van der Waals surface area contributed by atoms with Crippen molar-refractivity contribution in [2.45, 2.75) is 24.3 Å². The molecule has 144 valence electrons. The first-order chi connectivity index (χ1) is 14.1. The summed E-state index contributed by atoms with van der Waals surface area (Å²) in [5, 5.41) is 11.4. The van der Waals surface area contributed by atoms with E-state index in [4.69, 9.17) is 5.41 Å². The van der Waals surface area contributed by atoms with Crippen LogP contribution in [0.3, 0.4) is 0 Å². The number of hydrogen-bond acceptors (Lipinski definition) is 3. The maximum atomic E-state index is 13.3. The van der Waals surface area contributed by atoms with Gasteiger partial charge in [0.2, 0.25) is 0 Å². The van der Waals surface area contributed by atoms with Crippen LogP contribution < -0.4 is 5.32 Å². The van der Waals surface area contributed by atoms with E-state index in [0.29, 0.717) is 5.92 Å². The summed E-state index contributed by atoms with van der Waals surface area (Å²) in [6, 6.07) is 19.8. The molecule has 1 aromatic heterocycles. The molecule has 1 aliphatic carbocycles. The highest BCUT2D eigenvalue weighted by Gasteiger charge is 2.51. The van der Waals surface area contributed by atoms with Gasteiger partial charge in [-0.05, 0) is 53.1 Å². The summed E-state index contributed by atoms with van der Waals surface area (Å²) in [5.41, 5.74) is 3.88. The Morgan fingerprint density at radius 2 is 1.76 bits per heavy atom. The molecule has 5 heteroatoms. The first-order valence-corrected chi connectivity index (χ1v) is 9.86. The van der Waals surface area contributed by atoms with E-state index < -0.39 is 5.54 Å². The molecule has 5 rings (SSSR count). The maximum absolute atomic E-state index is 13.3. The Kier molecular flexibility index (Phi) is 3.98. The van der Waals surface area contributed by atoms with Crippen molar-refractivity contribution in [3.63, 3.8) is 0 Å². The number of likely N-dealkylation sites (N-methyl/N-ethyl adjacent to an activating group) is 1. The van der Waals surface area contributed by atoms with Crippen molar-refractivity contribution in [1.82, 2.24) is 15.2 Å². The first-order valence-electron chi connectivity index (χ1n) is 9.86. The number of hydrogen-bond donors (Lipinski definition) is 2. The van der Waals surface area contributed by atoms with Gasteiger partial charge in [-0.2, -0.15) is 0 Å². The first kappa shape index (κ1) is 17.6. The maximum Gasteiger partial charge on any atom is 0.264 e. The fraction of sp³-hybridized carbons (Fsp3) is 0.208. The van der Waals surface area contributed by atoms with Crippen LogP contribution in [0.15, 0.2) is 73.1 Å². The number of nitrogens with one attached hydrogen (secondary N) is 2. The Balaban J connectivity index is 1.65. The summed E-state index contributed by atoms with van der Waals surface area (Å²) in [4.78, 5) is 19.2. The number of carbonyl (C=O) groups is 1. The minimum Gasteiger partial charge on any atom is -0.334 e. The van der Waals surface area contributed by atoms with E-state index in [2.05, 4.69) is 16.4 Å². The van der Waals surface area contributed by atoms with Gasteiger partial charge < -0.3 is 5.32 Å². The number of nitrogens with zero attached hydrogens (tertiary/aromatic N) is 2. The van der Waals surface area contributed by atoms with E-state index in [1.54, 1.807) is 7.05 Å². The van der Waals surface area contributed by atoms with Crippen molar-refractivity contribution in [2.75, 3.05) is 7.05 Å². The molecule has 29 heavy (non-hydrogen) atoms. The molecule has 2 aromatic carbocycles. The molecule has 3 aromatic rings.